The summed E-state index contributed by atoms with van der Waals surface area (Å²) >= 11 is 0. The van der Waals surface area contributed by atoms with Gasteiger partial charge in [-0.05, 0) is 42.7 Å². The molecule has 2 aromatic carbocycles. The summed E-state index contributed by atoms with van der Waals surface area (Å²) in [6.07, 6.45) is 0. The number of phenolic OH excluding ortho intramolecular Hbond substituents is 1. The standard InChI is InChI=1S/C16H18N2O2/c1-10-6-7-12(9-17)8-14(10)18-16(20)13-5-3-4-11(2)15(13)19/h3-8,19H,9,17H2,1-2H3,(H,18,20). The molecule has 0 aliphatic rings. The zero-order valence-electron chi connectivity index (χ0n) is 11.6. The number of anilines is 1. The smallest absolute Gasteiger partial charge is 0.259 e. The van der Waals surface area contributed by atoms with E-state index in [1.165, 1.54) is 0 Å². The number of phenols is 1. The maximum Gasteiger partial charge on any atom is 0.259 e. The fourth-order valence-electron chi connectivity index (χ4n) is 1.96. The minimum atomic E-state index is -0.330. The van der Waals surface area contributed by atoms with Gasteiger partial charge in [0.1, 0.15) is 5.75 Å². The highest BCUT2D eigenvalue weighted by Gasteiger charge is 2.13. The first-order valence-electron chi connectivity index (χ1n) is 6.42. The number of hydrogen-bond donors (Lipinski definition) is 3. The van der Waals surface area contributed by atoms with Crippen LogP contribution in [0.25, 0.3) is 0 Å². The van der Waals surface area contributed by atoms with Crippen LogP contribution in [0.1, 0.15) is 27.0 Å². The van der Waals surface area contributed by atoms with Crippen LogP contribution in [-0.4, -0.2) is 11.0 Å². The highest BCUT2D eigenvalue weighted by molar-refractivity contribution is 6.06. The Balaban J connectivity index is 2.30. The molecule has 104 valence electrons. The van der Waals surface area contributed by atoms with Crippen LogP contribution in [0.2, 0.25) is 0 Å². The van der Waals surface area contributed by atoms with E-state index in [-0.39, 0.29) is 17.2 Å². The zero-order valence-corrected chi connectivity index (χ0v) is 11.6. The van der Waals surface area contributed by atoms with Gasteiger partial charge in [0.15, 0.2) is 0 Å². The van der Waals surface area contributed by atoms with Crippen LogP contribution in [0.3, 0.4) is 0 Å². The molecular formula is C16H18N2O2. The molecule has 0 saturated heterocycles. The molecule has 0 aliphatic heterocycles. The number of carbonyl (C=O) groups is 1. The molecule has 2 aromatic rings. The summed E-state index contributed by atoms with van der Waals surface area (Å²) in [5.41, 5.74) is 9.14. The van der Waals surface area contributed by atoms with Crippen LogP contribution < -0.4 is 11.1 Å². The average Bonchev–Trinajstić information content (AvgIpc) is 2.44. The summed E-state index contributed by atoms with van der Waals surface area (Å²) < 4.78 is 0. The molecule has 0 atom stereocenters. The van der Waals surface area contributed by atoms with Gasteiger partial charge in [-0.2, -0.15) is 0 Å². The second-order valence-corrected chi connectivity index (χ2v) is 4.78. The Labute approximate surface area is 118 Å². The van der Waals surface area contributed by atoms with E-state index < -0.39 is 0 Å². The fraction of sp³-hybridized carbons (Fsp3) is 0.188. The van der Waals surface area contributed by atoms with Gasteiger partial charge >= 0.3 is 0 Å². The fourth-order valence-corrected chi connectivity index (χ4v) is 1.96. The molecule has 20 heavy (non-hydrogen) atoms. The predicted molar refractivity (Wildman–Crippen MR) is 79.9 cm³/mol. The zero-order chi connectivity index (χ0) is 14.7. The Hall–Kier alpha value is -2.33. The van der Waals surface area contributed by atoms with Crippen molar-refractivity contribution in [2.45, 2.75) is 20.4 Å². The Morgan fingerprint density at radius 2 is 1.95 bits per heavy atom. The Morgan fingerprint density at radius 3 is 2.65 bits per heavy atom. The van der Waals surface area contributed by atoms with E-state index in [1.54, 1.807) is 25.1 Å². The maximum atomic E-state index is 12.2. The van der Waals surface area contributed by atoms with E-state index in [0.717, 1.165) is 11.1 Å². The first-order chi connectivity index (χ1) is 9.52. The second-order valence-electron chi connectivity index (χ2n) is 4.78. The Morgan fingerprint density at radius 1 is 1.20 bits per heavy atom. The molecule has 4 heteroatoms. The summed E-state index contributed by atoms with van der Waals surface area (Å²) in [7, 11) is 0. The first-order valence-corrected chi connectivity index (χ1v) is 6.42. The lowest BCUT2D eigenvalue weighted by Gasteiger charge is -2.11. The highest BCUT2D eigenvalue weighted by Crippen LogP contribution is 2.24. The summed E-state index contributed by atoms with van der Waals surface area (Å²) in [5.74, 6) is -0.318. The van der Waals surface area contributed by atoms with Crippen molar-refractivity contribution < 1.29 is 9.90 Å². The second kappa shape index (κ2) is 5.75. The van der Waals surface area contributed by atoms with Gasteiger partial charge in [0, 0.05) is 12.2 Å². The summed E-state index contributed by atoms with van der Waals surface area (Å²) in [6.45, 7) is 4.08. The van der Waals surface area contributed by atoms with Crippen LogP contribution in [0.5, 0.6) is 5.75 Å². The molecule has 2 rings (SSSR count). The first kappa shape index (κ1) is 14.1. The predicted octanol–water partition coefficient (Wildman–Crippen LogP) is 2.72. The lowest BCUT2D eigenvalue weighted by Crippen LogP contribution is -2.13. The summed E-state index contributed by atoms with van der Waals surface area (Å²) in [4.78, 5) is 12.2. The van der Waals surface area contributed by atoms with Gasteiger partial charge in [-0.1, -0.05) is 24.3 Å². The van der Waals surface area contributed by atoms with E-state index in [2.05, 4.69) is 5.32 Å². The number of rotatable bonds is 3. The highest BCUT2D eigenvalue weighted by atomic mass is 16.3. The Kier molecular flexibility index (Phi) is 4.05. The van der Waals surface area contributed by atoms with Gasteiger partial charge in [-0.3, -0.25) is 4.79 Å². The number of benzene rings is 2. The number of para-hydroxylation sites is 1. The Bertz CT molecular complexity index is 651. The van der Waals surface area contributed by atoms with Crippen molar-refractivity contribution >= 4 is 11.6 Å². The molecule has 0 fully saturated rings. The molecule has 0 saturated carbocycles. The minimum absolute atomic E-state index is 0.0117. The largest absolute Gasteiger partial charge is 0.507 e. The number of nitrogens with one attached hydrogen (secondary N) is 1. The molecule has 0 heterocycles. The van der Waals surface area contributed by atoms with Crippen molar-refractivity contribution in [1.82, 2.24) is 0 Å². The van der Waals surface area contributed by atoms with Crippen LogP contribution in [0.4, 0.5) is 5.69 Å². The maximum absolute atomic E-state index is 12.2. The molecule has 0 aromatic heterocycles. The minimum Gasteiger partial charge on any atom is -0.507 e. The molecule has 0 radical (unpaired) electrons. The number of hydrogen-bond acceptors (Lipinski definition) is 3. The van der Waals surface area contributed by atoms with Crippen molar-refractivity contribution in [2.24, 2.45) is 5.73 Å². The molecule has 1 amide bonds. The molecule has 4 nitrogen and oxygen atoms in total. The normalized spacial score (nSPS) is 10.3. The molecule has 0 spiro atoms. The van der Waals surface area contributed by atoms with Crippen molar-refractivity contribution in [1.29, 1.82) is 0 Å². The van der Waals surface area contributed by atoms with E-state index in [1.807, 2.05) is 25.1 Å². The van der Waals surface area contributed by atoms with E-state index in [4.69, 9.17) is 5.73 Å². The lowest BCUT2D eigenvalue weighted by molar-refractivity contribution is 0.102. The molecule has 0 unspecified atom stereocenters. The van der Waals surface area contributed by atoms with Crippen molar-refractivity contribution in [3.05, 3.63) is 58.7 Å². The van der Waals surface area contributed by atoms with Crippen LogP contribution in [-0.2, 0) is 6.54 Å². The SMILES string of the molecule is Cc1ccc(CN)cc1NC(=O)c1cccc(C)c1O. The molecular weight excluding hydrogens is 252 g/mol. The van der Waals surface area contributed by atoms with Gasteiger partial charge in [0.05, 0.1) is 5.56 Å². The van der Waals surface area contributed by atoms with E-state index >= 15 is 0 Å². The van der Waals surface area contributed by atoms with Crippen molar-refractivity contribution in [3.8, 4) is 5.75 Å². The molecule has 4 N–H and O–H groups in total. The number of carbonyl (C=O) groups excluding carboxylic acids is 1. The summed E-state index contributed by atoms with van der Waals surface area (Å²) in [5, 5.41) is 12.7. The monoisotopic (exact) mass is 270 g/mol. The van der Waals surface area contributed by atoms with Gasteiger partial charge in [0.25, 0.3) is 5.91 Å². The van der Waals surface area contributed by atoms with Crippen molar-refractivity contribution in [3.63, 3.8) is 0 Å². The van der Waals surface area contributed by atoms with Gasteiger partial charge in [0.2, 0.25) is 0 Å². The molecule has 0 bridgehead atoms. The number of amides is 1. The number of aromatic hydroxyl groups is 1. The number of nitrogens with two attached hydrogens (primary N) is 1. The topological polar surface area (TPSA) is 75.3 Å². The van der Waals surface area contributed by atoms with Gasteiger partial charge in [-0.25, -0.2) is 0 Å². The third-order valence-corrected chi connectivity index (χ3v) is 3.27. The average molecular weight is 270 g/mol. The third kappa shape index (κ3) is 2.81. The quantitative estimate of drug-likeness (QED) is 0.802. The summed E-state index contributed by atoms with van der Waals surface area (Å²) in [6, 6.07) is 10.8. The van der Waals surface area contributed by atoms with Crippen molar-refractivity contribution in [2.75, 3.05) is 5.32 Å². The van der Waals surface area contributed by atoms with E-state index in [0.29, 0.717) is 17.8 Å². The van der Waals surface area contributed by atoms with E-state index in [9.17, 15) is 9.90 Å². The third-order valence-electron chi connectivity index (χ3n) is 3.27. The number of aryl methyl sites for hydroxylation is 2. The van der Waals surface area contributed by atoms with Gasteiger partial charge in [-0.15, -0.1) is 0 Å². The van der Waals surface area contributed by atoms with Gasteiger partial charge < -0.3 is 16.2 Å². The van der Waals surface area contributed by atoms with Crippen LogP contribution in [0.15, 0.2) is 36.4 Å². The lowest BCUT2D eigenvalue weighted by atomic mass is 10.1. The van der Waals surface area contributed by atoms with Crippen LogP contribution >= 0.6 is 0 Å². The molecule has 0 aliphatic carbocycles. The van der Waals surface area contributed by atoms with Crippen LogP contribution in [0, 0.1) is 13.8 Å².